The van der Waals surface area contributed by atoms with Gasteiger partial charge in [-0.3, -0.25) is 9.59 Å². The molecular weight excluding hydrogens is 320 g/mol. The number of carbonyl (C=O) groups is 3. The zero-order valence-electron chi connectivity index (χ0n) is 15.1. The van der Waals surface area contributed by atoms with Crippen molar-refractivity contribution in [2.45, 2.75) is 46.6 Å². The molecule has 0 radical (unpaired) electrons. The van der Waals surface area contributed by atoms with Gasteiger partial charge in [-0.2, -0.15) is 0 Å². The number of carboxylic acids is 1. The van der Waals surface area contributed by atoms with E-state index in [0.717, 1.165) is 5.56 Å². The second kappa shape index (κ2) is 9.61. The van der Waals surface area contributed by atoms with E-state index in [4.69, 9.17) is 5.11 Å². The Morgan fingerprint density at radius 2 is 1.92 bits per heavy atom. The van der Waals surface area contributed by atoms with Gasteiger partial charge in [0.05, 0.1) is 0 Å². The molecule has 0 aromatic heterocycles. The van der Waals surface area contributed by atoms with Gasteiger partial charge in [-0.25, -0.2) is 4.79 Å². The fourth-order valence-corrected chi connectivity index (χ4v) is 2.25. The van der Waals surface area contributed by atoms with Gasteiger partial charge < -0.3 is 15.7 Å². The Morgan fingerprint density at radius 1 is 1.24 bits per heavy atom. The molecule has 0 bridgehead atoms. The lowest BCUT2D eigenvalue weighted by molar-refractivity contribution is -0.139. The average Bonchev–Trinajstić information content (AvgIpc) is 2.52. The van der Waals surface area contributed by atoms with Crippen LogP contribution in [0, 0.1) is 12.8 Å². The molecule has 1 rings (SSSR count). The summed E-state index contributed by atoms with van der Waals surface area (Å²) in [6, 6.07) is 3.88. The molecule has 1 aromatic rings. The minimum absolute atomic E-state index is 0.0763. The minimum Gasteiger partial charge on any atom is -0.480 e. The van der Waals surface area contributed by atoms with Crippen LogP contribution in [0.15, 0.2) is 30.4 Å². The predicted octanol–water partition coefficient (Wildman–Crippen LogP) is 3.13. The Morgan fingerprint density at radius 3 is 2.44 bits per heavy atom. The van der Waals surface area contributed by atoms with Gasteiger partial charge in [0.2, 0.25) is 5.91 Å². The van der Waals surface area contributed by atoms with E-state index in [9.17, 15) is 14.4 Å². The van der Waals surface area contributed by atoms with E-state index < -0.39 is 17.9 Å². The molecule has 0 saturated carbocycles. The Balaban J connectivity index is 2.82. The van der Waals surface area contributed by atoms with E-state index in [-0.39, 0.29) is 18.2 Å². The largest absolute Gasteiger partial charge is 0.480 e. The number of rotatable bonds is 8. The first-order valence-corrected chi connectivity index (χ1v) is 8.30. The smallest absolute Gasteiger partial charge is 0.326 e. The van der Waals surface area contributed by atoms with Gasteiger partial charge in [-0.15, -0.1) is 0 Å². The number of aliphatic carboxylic acids is 1. The predicted molar refractivity (Wildman–Crippen MR) is 97.6 cm³/mol. The average molecular weight is 346 g/mol. The lowest BCUT2D eigenvalue weighted by Crippen LogP contribution is -2.40. The van der Waals surface area contributed by atoms with Crippen LogP contribution < -0.4 is 10.6 Å². The third-order valence-corrected chi connectivity index (χ3v) is 3.57. The van der Waals surface area contributed by atoms with Crippen molar-refractivity contribution in [3.63, 3.8) is 0 Å². The summed E-state index contributed by atoms with van der Waals surface area (Å²) in [7, 11) is 0. The zero-order chi connectivity index (χ0) is 19.0. The number of aryl methyl sites for hydroxylation is 1. The first kappa shape index (κ1) is 20.4. The van der Waals surface area contributed by atoms with E-state index in [1.54, 1.807) is 44.2 Å². The van der Waals surface area contributed by atoms with Crippen molar-refractivity contribution in [2.75, 3.05) is 5.32 Å². The standard InChI is InChI=1S/C19H26N2O4/c1-5-6-7-16(19(24)25)21-18(23)14-8-9-15(13(4)11-14)20-17(22)10-12(2)3/h5-6,8-9,11-12,16H,7,10H2,1-4H3,(H,20,22)(H,21,23)(H,24,25)/b6-5+. The second-order valence-corrected chi connectivity index (χ2v) is 6.34. The number of benzene rings is 1. The van der Waals surface area contributed by atoms with Gasteiger partial charge in [-0.1, -0.05) is 26.0 Å². The number of carboxylic acid groups (broad SMARTS) is 1. The van der Waals surface area contributed by atoms with Crippen LogP contribution in [0.2, 0.25) is 0 Å². The van der Waals surface area contributed by atoms with Crippen LogP contribution in [-0.2, 0) is 9.59 Å². The summed E-state index contributed by atoms with van der Waals surface area (Å²) >= 11 is 0. The molecule has 0 aliphatic heterocycles. The van der Waals surface area contributed by atoms with Crippen LogP contribution in [-0.4, -0.2) is 28.9 Å². The summed E-state index contributed by atoms with van der Waals surface area (Å²) in [6.07, 6.45) is 4.07. The van der Waals surface area contributed by atoms with Crippen molar-refractivity contribution >= 4 is 23.5 Å². The highest BCUT2D eigenvalue weighted by Crippen LogP contribution is 2.18. The summed E-state index contributed by atoms with van der Waals surface area (Å²) in [5, 5.41) is 14.5. The molecule has 0 fully saturated rings. The Bertz CT molecular complexity index is 665. The van der Waals surface area contributed by atoms with Crippen LogP contribution in [0.1, 0.15) is 49.5 Å². The molecule has 136 valence electrons. The first-order chi connectivity index (χ1) is 11.7. The zero-order valence-corrected chi connectivity index (χ0v) is 15.1. The topological polar surface area (TPSA) is 95.5 Å². The number of allylic oxidation sites excluding steroid dienone is 1. The van der Waals surface area contributed by atoms with Gasteiger partial charge in [0.1, 0.15) is 6.04 Å². The van der Waals surface area contributed by atoms with Gasteiger partial charge in [0.15, 0.2) is 0 Å². The molecule has 2 amide bonds. The monoisotopic (exact) mass is 346 g/mol. The highest BCUT2D eigenvalue weighted by molar-refractivity contribution is 5.98. The van der Waals surface area contributed by atoms with E-state index >= 15 is 0 Å². The third kappa shape index (κ3) is 6.79. The first-order valence-electron chi connectivity index (χ1n) is 8.30. The molecular formula is C19H26N2O4. The van der Waals surface area contributed by atoms with E-state index in [0.29, 0.717) is 17.7 Å². The maximum absolute atomic E-state index is 12.3. The fraction of sp³-hybridized carbons (Fsp3) is 0.421. The number of hydrogen-bond donors (Lipinski definition) is 3. The van der Waals surface area contributed by atoms with Gasteiger partial charge >= 0.3 is 5.97 Å². The van der Waals surface area contributed by atoms with Gasteiger partial charge in [0, 0.05) is 17.7 Å². The van der Waals surface area contributed by atoms with Gasteiger partial charge in [-0.05, 0) is 49.9 Å². The molecule has 0 aliphatic carbocycles. The molecule has 1 atom stereocenters. The Kier molecular flexibility index (Phi) is 7.85. The van der Waals surface area contributed by atoms with Crippen molar-refractivity contribution in [1.82, 2.24) is 5.32 Å². The van der Waals surface area contributed by atoms with Crippen LogP contribution in [0.3, 0.4) is 0 Å². The van der Waals surface area contributed by atoms with Crippen molar-refractivity contribution in [2.24, 2.45) is 5.92 Å². The SMILES string of the molecule is C/C=C/CC(NC(=O)c1ccc(NC(=O)CC(C)C)c(C)c1)C(=O)O. The number of carbonyl (C=O) groups excluding carboxylic acids is 2. The molecule has 0 saturated heterocycles. The highest BCUT2D eigenvalue weighted by atomic mass is 16.4. The van der Waals surface area contributed by atoms with E-state index in [2.05, 4.69) is 10.6 Å². The number of nitrogens with one attached hydrogen (secondary N) is 2. The summed E-state index contributed by atoms with van der Waals surface area (Å²) in [5.41, 5.74) is 1.74. The normalized spacial score (nSPS) is 12.2. The Hall–Kier alpha value is -2.63. The van der Waals surface area contributed by atoms with E-state index in [1.807, 2.05) is 13.8 Å². The molecule has 6 nitrogen and oxygen atoms in total. The quantitative estimate of drug-likeness (QED) is 0.630. The summed E-state index contributed by atoms with van der Waals surface area (Å²) in [6.45, 7) is 7.51. The fourth-order valence-electron chi connectivity index (χ4n) is 2.25. The number of amides is 2. The summed E-state index contributed by atoms with van der Waals surface area (Å²) in [4.78, 5) is 35.3. The maximum Gasteiger partial charge on any atom is 0.326 e. The van der Waals surface area contributed by atoms with Crippen LogP contribution in [0.25, 0.3) is 0 Å². The maximum atomic E-state index is 12.3. The molecule has 1 unspecified atom stereocenters. The molecule has 25 heavy (non-hydrogen) atoms. The van der Waals surface area contributed by atoms with Crippen LogP contribution in [0.4, 0.5) is 5.69 Å². The van der Waals surface area contributed by atoms with E-state index in [1.165, 1.54) is 0 Å². The second-order valence-electron chi connectivity index (χ2n) is 6.34. The minimum atomic E-state index is -1.08. The molecule has 0 spiro atoms. The molecule has 6 heteroatoms. The highest BCUT2D eigenvalue weighted by Gasteiger charge is 2.19. The molecule has 0 aliphatic rings. The van der Waals surface area contributed by atoms with Crippen molar-refractivity contribution in [3.05, 3.63) is 41.5 Å². The molecule has 0 heterocycles. The van der Waals surface area contributed by atoms with Crippen LogP contribution >= 0.6 is 0 Å². The number of hydrogen-bond acceptors (Lipinski definition) is 3. The third-order valence-electron chi connectivity index (χ3n) is 3.57. The summed E-state index contributed by atoms with van der Waals surface area (Å²) < 4.78 is 0. The van der Waals surface area contributed by atoms with Crippen molar-refractivity contribution in [3.8, 4) is 0 Å². The van der Waals surface area contributed by atoms with Crippen LogP contribution in [0.5, 0.6) is 0 Å². The Labute approximate surface area is 148 Å². The lowest BCUT2D eigenvalue weighted by atomic mass is 10.1. The molecule has 3 N–H and O–H groups in total. The lowest BCUT2D eigenvalue weighted by Gasteiger charge is -2.14. The van der Waals surface area contributed by atoms with Gasteiger partial charge in [0.25, 0.3) is 5.91 Å². The molecule has 1 aromatic carbocycles. The van der Waals surface area contributed by atoms with Crippen molar-refractivity contribution in [1.29, 1.82) is 0 Å². The number of anilines is 1. The van der Waals surface area contributed by atoms with Crippen molar-refractivity contribution < 1.29 is 19.5 Å². The summed E-state index contributed by atoms with van der Waals surface area (Å²) in [5.74, 6) is -1.36.